The molecular formula is C9H6N2O2. The van der Waals surface area contributed by atoms with Crippen LogP contribution in [0.2, 0.25) is 0 Å². The van der Waals surface area contributed by atoms with Crippen molar-refractivity contribution >= 4 is 16.5 Å². The van der Waals surface area contributed by atoms with Crippen LogP contribution < -0.4 is 10.4 Å². The van der Waals surface area contributed by atoms with Gasteiger partial charge in [-0.3, -0.25) is 4.98 Å². The maximum absolute atomic E-state index is 4.87. The minimum Gasteiger partial charge on any atom is -0.312 e. The first-order valence-electron chi connectivity index (χ1n) is 3.91. The largest absolute Gasteiger partial charge is 0.312 e. The summed E-state index contributed by atoms with van der Waals surface area (Å²) in [6.07, 6.45) is 3.54. The zero-order valence-corrected chi connectivity index (χ0v) is 6.65. The Morgan fingerprint density at radius 3 is 3.23 bits per heavy atom. The number of anilines is 1. The van der Waals surface area contributed by atoms with Crippen LogP contribution in [-0.4, -0.2) is 4.98 Å². The van der Waals surface area contributed by atoms with Crippen molar-refractivity contribution in [1.82, 2.24) is 4.98 Å². The molecule has 0 bridgehead atoms. The Kier molecular flexibility index (Phi) is 1.20. The Bertz CT molecular complexity index is 428. The number of hydrogen-bond donors (Lipinski definition) is 1. The quantitative estimate of drug-likeness (QED) is 0.619. The Morgan fingerprint density at radius 2 is 2.23 bits per heavy atom. The fourth-order valence-electron chi connectivity index (χ4n) is 1.37. The minimum atomic E-state index is 0.695. The summed E-state index contributed by atoms with van der Waals surface area (Å²) in [6, 6.07) is 5.78. The van der Waals surface area contributed by atoms with Crippen molar-refractivity contribution in [3.05, 3.63) is 30.6 Å². The van der Waals surface area contributed by atoms with Crippen molar-refractivity contribution in [1.29, 1.82) is 0 Å². The summed E-state index contributed by atoms with van der Waals surface area (Å²) in [7, 11) is 0. The average molecular weight is 174 g/mol. The molecule has 0 aliphatic carbocycles. The average Bonchev–Trinajstić information content (AvgIpc) is 2.61. The summed E-state index contributed by atoms with van der Waals surface area (Å²) in [6.45, 7) is 0. The summed E-state index contributed by atoms with van der Waals surface area (Å²) >= 11 is 0. The van der Waals surface area contributed by atoms with E-state index in [0.29, 0.717) is 5.75 Å². The Balaban J connectivity index is 2.36. The highest BCUT2D eigenvalue weighted by Gasteiger charge is 2.13. The number of benzene rings is 1. The van der Waals surface area contributed by atoms with Crippen molar-refractivity contribution in [2.75, 3.05) is 5.48 Å². The number of fused-ring (bicyclic) bond motifs is 2. The molecule has 4 heteroatoms. The molecule has 1 aromatic carbocycles. The molecule has 3 rings (SSSR count). The fourth-order valence-corrected chi connectivity index (χ4v) is 1.37. The number of pyridine rings is 1. The first kappa shape index (κ1) is 6.68. The van der Waals surface area contributed by atoms with Gasteiger partial charge in [0.1, 0.15) is 5.69 Å². The summed E-state index contributed by atoms with van der Waals surface area (Å²) in [5.74, 6) is 0.695. The highest BCUT2D eigenvalue weighted by atomic mass is 17.3. The standard InChI is InChI=1S/C9H6N2O2/c1-2-10-5-7-4-9-8(3-6(1)7)11-13-12-9/h1-5,11H. The molecular weight excluding hydrogens is 168 g/mol. The SMILES string of the molecule is c1cc2cc3c(cc2cn1)OON3. The van der Waals surface area contributed by atoms with E-state index in [1.807, 2.05) is 18.2 Å². The lowest BCUT2D eigenvalue weighted by molar-refractivity contribution is -0.160. The third-order valence-corrected chi connectivity index (χ3v) is 2.02. The summed E-state index contributed by atoms with van der Waals surface area (Å²) < 4.78 is 0. The van der Waals surface area contributed by atoms with E-state index in [4.69, 9.17) is 4.89 Å². The lowest BCUT2D eigenvalue weighted by atomic mass is 10.1. The second kappa shape index (κ2) is 2.34. The molecule has 0 radical (unpaired) electrons. The van der Waals surface area contributed by atoms with Crippen LogP contribution in [0.15, 0.2) is 30.6 Å². The van der Waals surface area contributed by atoms with Crippen LogP contribution in [0.4, 0.5) is 5.69 Å². The van der Waals surface area contributed by atoms with Gasteiger partial charge < -0.3 is 4.89 Å². The molecule has 1 aliphatic heterocycles. The maximum Gasteiger partial charge on any atom is 0.194 e. The van der Waals surface area contributed by atoms with Crippen molar-refractivity contribution < 1.29 is 9.88 Å². The predicted octanol–water partition coefficient (Wildman–Crippen LogP) is 1.89. The number of hydrogen-bond acceptors (Lipinski definition) is 4. The maximum atomic E-state index is 4.87. The molecule has 64 valence electrons. The topological polar surface area (TPSA) is 43.4 Å². The van der Waals surface area contributed by atoms with Gasteiger partial charge >= 0.3 is 0 Å². The zero-order valence-electron chi connectivity index (χ0n) is 6.65. The summed E-state index contributed by atoms with van der Waals surface area (Å²) in [5, 5.41) is 2.14. The van der Waals surface area contributed by atoms with E-state index in [1.54, 1.807) is 12.4 Å². The molecule has 4 nitrogen and oxygen atoms in total. The molecule has 0 amide bonds. The molecule has 13 heavy (non-hydrogen) atoms. The monoisotopic (exact) mass is 174 g/mol. The van der Waals surface area contributed by atoms with Gasteiger partial charge in [0, 0.05) is 17.8 Å². The van der Waals surface area contributed by atoms with Gasteiger partial charge in [0.15, 0.2) is 5.75 Å². The van der Waals surface area contributed by atoms with E-state index in [0.717, 1.165) is 16.5 Å². The van der Waals surface area contributed by atoms with Crippen molar-refractivity contribution in [2.24, 2.45) is 0 Å². The molecule has 0 atom stereocenters. The molecule has 1 aromatic heterocycles. The molecule has 0 unspecified atom stereocenters. The highest BCUT2D eigenvalue weighted by Crippen LogP contribution is 2.33. The number of nitrogens with zero attached hydrogens (tertiary/aromatic N) is 1. The van der Waals surface area contributed by atoms with Crippen LogP contribution in [-0.2, 0) is 4.99 Å². The van der Waals surface area contributed by atoms with Gasteiger partial charge in [-0.2, -0.15) is 0 Å². The minimum absolute atomic E-state index is 0.695. The Morgan fingerprint density at radius 1 is 1.23 bits per heavy atom. The second-order valence-electron chi connectivity index (χ2n) is 2.84. The van der Waals surface area contributed by atoms with E-state index in [1.165, 1.54) is 0 Å². The van der Waals surface area contributed by atoms with Crippen LogP contribution in [0.3, 0.4) is 0 Å². The molecule has 0 spiro atoms. The van der Waals surface area contributed by atoms with Gasteiger partial charge in [0.25, 0.3) is 0 Å². The first-order valence-corrected chi connectivity index (χ1v) is 3.91. The van der Waals surface area contributed by atoms with Gasteiger partial charge in [-0.1, -0.05) is 4.99 Å². The first-order chi connectivity index (χ1) is 6.43. The summed E-state index contributed by atoms with van der Waals surface area (Å²) in [4.78, 5) is 13.5. The molecule has 0 saturated carbocycles. The predicted molar refractivity (Wildman–Crippen MR) is 47.1 cm³/mol. The number of aromatic nitrogens is 1. The molecule has 1 aliphatic rings. The van der Waals surface area contributed by atoms with Crippen LogP contribution in [0.5, 0.6) is 5.75 Å². The zero-order chi connectivity index (χ0) is 8.67. The molecule has 2 aromatic rings. The van der Waals surface area contributed by atoms with E-state index in [9.17, 15) is 0 Å². The van der Waals surface area contributed by atoms with Gasteiger partial charge in [0.2, 0.25) is 0 Å². The third-order valence-electron chi connectivity index (χ3n) is 2.02. The van der Waals surface area contributed by atoms with Gasteiger partial charge in [-0.25, -0.2) is 5.48 Å². The number of nitrogens with one attached hydrogen (secondary N) is 1. The molecule has 2 heterocycles. The van der Waals surface area contributed by atoms with E-state index in [-0.39, 0.29) is 0 Å². The third kappa shape index (κ3) is 0.925. The lowest BCUT2D eigenvalue weighted by Crippen LogP contribution is -1.91. The smallest absolute Gasteiger partial charge is 0.194 e. The van der Waals surface area contributed by atoms with Crippen molar-refractivity contribution in [3.63, 3.8) is 0 Å². The van der Waals surface area contributed by atoms with Crippen LogP contribution in [0.25, 0.3) is 10.8 Å². The van der Waals surface area contributed by atoms with Gasteiger partial charge in [0.05, 0.1) is 0 Å². The Labute approximate surface area is 74.0 Å². The van der Waals surface area contributed by atoms with Crippen molar-refractivity contribution in [2.45, 2.75) is 0 Å². The summed E-state index contributed by atoms with van der Waals surface area (Å²) in [5.41, 5.74) is 3.50. The molecule has 1 N–H and O–H groups in total. The van der Waals surface area contributed by atoms with Crippen LogP contribution >= 0.6 is 0 Å². The van der Waals surface area contributed by atoms with E-state index < -0.39 is 0 Å². The number of rotatable bonds is 0. The van der Waals surface area contributed by atoms with Gasteiger partial charge in [-0.05, 0) is 23.6 Å². The van der Waals surface area contributed by atoms with Crippen LogP contribution in [0.1, 0.15) is 0 Å². The molecule has 0 fully saturated rings. The van der Waals surface area contributed by atoms with Gasteiger partial charge in [-0.15, -0.1) is 0 Å². The van der Waals surface area contributed by atoms with Crippen molar-refractivity contribution in [3.8, 4) is 5.75 Å². The van der Waals surface area contributed by atoms with Crippen LogP contribution in [0, 0.1) is 0 Å². The second-order valence-corrected chi connectivity index (χ2v) is 2.84. The van der Waals surface area contributed by atoms with E-state index >= 15 is 0 Å². The molecule has 0 saturated heterocycles. The normalized spacial score (nSPS) is 13.5. The fraction of sp³-hybridized carbons (Fsp3) is 0. The Hall–Kier alpha value is -1.81. The highest BCUT2D eigenvalue weighted by molar-refractivity contribution is 5.88. The van der Waals surface area contributed by atoms with E-state index in [2.05, 4.69) is 15.5 Å². The lowest BCUT2D eigenvalue weighted by Gasteiger charge is -1.97.